The molecule has 5 aromatic rings. The number of thioether (sulfide) groups is 1. The fourth-order valence-corrected chi connectivity index (χ4v) is 4.58. The Balaban J connectivity index is 1.64. The molecule has 0 atom stereocenters. The molecule has 0 saturated carbocycles. The lowest BCUT2D eigenvalue weighted by atomic mass is 10.1. The summed E-state index contributed by atoms with van der Waals surface area (Å²) < 4.78 is 15.5. The molecule has 0 spiro atoms. The molecule has 3 aromatic carbocycles. The summed E-state index contributed by atoms with van der Waals surface area (Å²) in [6.07, 6.45) is 3.67. The first-order valence-corrected chi connectivity index (χ1v) is 11.0. The van der Waals surface area contributed by atoms with Gasteiger partial charge in [0, 0.05) is 23.2 Å². The van der Waals surface area contributed by atoms with E-state index in [4.69, 9.17) is 0 Å². The molecular weight excluding hydrogens is 405 g/mol. The van der Waals surface area contributed by atoms with E-state index in [1.54, 1.807) is 30.2 Å². The normalized spacial score (nSPS) is 11.2. The van der Waals surface area contributed by atoms with Gasteiger partial charge in [0.05, 0.1) is 5.39 Å². The van der Waals surface area contributed by atoms with Crippen LogP contribution in [0.15, 0.2) is 96.4 Å². The second-order valence-corrected chi connectivity index (χ2v) is 8.37. The van der Waals surface area contributed by atoms with Gasteiger partial charge in [0.15, 0.2) is 0 Å². The highest BCUT2D eigenvalue weighted by Gasteiger charge is 2.17. The first-order chi connectivity index (χ1) is 15.2. The number of nitrogens with zero attached hydrogens (tertiary/aromatic N) is 3. The Morgan fingerprint density at radius 2 is 1.61 bits per heavy atom. The van der Waals surface area contributed by atoms with Crippen LogP contribution in [-0.2, 0) is 5.75 Å². The second-order valence-electron chi connectivity index (χ2n) is 7.41. The van der Waals surface area contributed by atoms with Crippen LogP contribution >= 0.6 is 11.8 Å². The lowest BCUT2D eigenvalue weighted by Gasteiger charge is -2.07. The summed E-state index contributed by atoms with van der Waals surface area (Å²) in [7, 11) is 0. The first kappa shape index (κ1) is 19.5. The van der Waals surface area contributed by atoms with Crippen LogP contribution < -0.4 is 0 Å². The van der Waals surface area contributed by atoms with E-state index in [0.717, 1.165) is 38.6 Å². The van der Waals surface area contributed by atoms with Crippen LogP contribution in [0.5, 0.6) is 0 Å². The SMILES string of the molecule is Cc1ccc(CSc2ncnc3c2c(-c2ccccc2)cn3-c2ccc(F)cc2)cc1. The number of hydrogen-bond acceptors (Lipinski definition) is 3. The van der Waals surface area contributed by atoms with E-state index in [1.807, 2.05) is 22.8 Å². The standard InChI is InChI=1S/C26H20FN3S/c1-18-7-9-19(10-8-18)16-31-26-24-23(20-5-3-2-4-6-20)15-30(25(24)28-17-29-26)22-13-11-21(27)12-14-22/h2-15,17H,16H2,1H3. The lowest BCUT2D eigenvalue weighted by Crippen LogP contribution is -1.95. The number of aryl methyl sites for hydroxylation is 1. The predicted octanol–water partition coefficient (Wildman–Crippen LogP) is 6.83. The van der Waals surface area contributed by atoms with Gasteiger partial charge in [-0.2, -0.15) is 0 Å². The van der Waals surface area contributed by atoms with Crippen LogP contribution in [0.25, 0.3) is 27.8 Å². The third-order valence-corrected chi connectivity index (χ3v) is 6.29. The maximum atomic E-state index is 13.5. The number of aromatic nitrogens is 3. The smallest absolute Gasteiger partial charge is 0.149 e. The van der Waals surface area contributed by atoms with Crippen LogP contribution in [0.4, 0.5) is 4.39 Å². The van der Waals surface area contributed by atoms with Crippen molar-refractivity contribution in [3.05, 3.63) is 108 Å². The van der Waals surface area contributed by atoms with Gasteiger partial charge in [-0.25, -0.2) is 14.4 Å². The number of benzene rings is 3. The fraction of sp³-hybridized carbons (Fsp3) is 0.0769. The van der Waals surface area contributed by atoms with Gasteiger partial charge >= 0.3 is 0 Å². The van der Waals surface area contributed by atoms with Gasteiger partial charge in [0.1, 0.15) is 22.8 Å². The minimum Gasteiger partial charge on any atom is -0.301 e. The van der Waals surface area contributed by atoms with Crippen LogP contribution in [0, 0.1) is 12.7 Å². The van der Waals surface area contributed by atoms with Gasteiger partial charge < -0.3 is 4.57 Å². The predicted molar refractivity (Wildman–Crippen MR) is 125 cm³/mol. The average Bonchev–Trinajstić information content (AvgIpc) is 3.20. The molecule has 0 fully saturated rings. The van der Waals surface area contributed by atoms with Crippen molar-refractivity contribution >= 4 is 22.8 Å². The van der Waals surface area contributed by atoms with Gasteiger partial charge in [-0.15, -0.1) is 11.8 Å². The molecule has 31 heavy (non-hydrogen) atoms. The molecule has 0 bridgehead atoms. The monoisotopic (exact) mass is 425 g/mol. The summed E-state index contributed by atoms with van der Waals surface area (Å²) >= 11 is 1.70. The number of rotatable bonds is 5. The van der Waals surface area contributed by atoms with Crippen LogP contribution in [0.3, 0.4) is 0 Å². The summed E-state index contributed by atoms with van der Waals surface area (Å²) in [6, 6.07) is 25.3. The van der Waals surface area contributed by atoms with Crippen molar-refractivity contribution < 1.29 is 4.39 Å². The van der Waals surface area contributed by atoms with E-state index < -0.39 is 0 Å². The van der Waals surface area contributed by atoms with Gasteiger partial charge in [-0.1, -0.05) is 60.2 Å². The van der Waals surface area contributed by atoms with Gasteiger partial charge in [-0.05, 0) is 42.3 Å². The molecule has 3 nitrogen and oxygen atoms in total. The van der Waals surface area contributed by atoms with Crippen molar-refractivity contribution in [1.29, 1.82) is 0 Å². The third kappa shape index (κ3) is 3.97. The van der Waals surface area contributed by atoms with Gasteiger partial charge in [-0.3, -0.25) is 0 Å². The molecule has 2 heterocycles. The van der Waals surface area contributed by atoms with E-state index in [-0.39, 0.29) is 5.82 Å². The highest BCUT2D eigenvalue weighted by atomic mass is 32.2. The van der Waals surface area contributed by atoms with Crippen molar-refractivity contribution in [2.45, 2.75) is 17.7 Å². The minimum atomic E-state index is -0.257. The number of fused-ring (bicyclic) bond motifs is 1. The Bertz CT molecular complexity index is 1330. The van der Waals surface area contributed by atoms with E-state index >= 15 is 0 Å². The molecule has 2 aromatic heterocycles. The highest BCUT2D eigenvalue weighted by molar-refractivity contribution is 7.98. The van der Waals surface area contributed by atoms with E-state index in [9.17, 15) is 4.39 Å². The molecule has 152 valence electrons. The number of halogens is 1. The van der Waals surface area contributed by atoms with Crippen LogP contribution in [0.2, 0.25) is 0 Å². The average molecular weight is 426 g/mol. The quantitative estimate of drug-likeness (QED) is 0.228. The molecule has 0 N–H and O–H groups in total. The van der Waals surface area contributed by atoms with Crippen molar-refractivity contribution in [2.75, 3.05) is 0 Å². The fourth-order valence-electron chi connectivity index (χ4n) is 3.61. The highest BCUT2D eigenvalue weighted by Crippen LogP contribution is 2.37. The molecule has 0 saturated heterocycles. The van der Waals surface area contributed by atoms with E-state index in [1.165, 1.54) is 23.3 Å². The number of hydrogen-bond donors (Lipinski definition) is 0. The van der Waals surface area contributed by atoms with E-state index in [0.29, 0.717) is 0 Å². The third-order valence-electron chi connectivity index (χ3n) is 5.23. The molecule has 0 aliphatic heterocycles. The molecule has 0 aliphatic carbocycles. The molecule has 0 amide bonds. The molecule has 5 rings (SSSR count). The van der Waals surface area contributed by atoms with E-state index in [2.05, 4.69) is 59.5 Å². The summed E-state index contributed by atoms with van der Waals surface area (Å²) in [4.78, 5) is 9.22. The Kier molecular flexibility index (Phi) is 5.26. The molecule has 5 heteroatoms. The summed E-state index contributed by atoms with van der Waals surface area (Å²) in [5.74, 6) is 0.565. The molecule has 0 unspecified atom stereocenters. The Labute approximate surface area is 184 Å². The summed E-state index contributed by atoms with van der Waals surface area (Å²) in [6.45, 7) is 2.09. The zero-order valence-corrected chi connectivity index (χ0v) is 17.8. The van der Waals surface area contributed by atoms with Crippen LogP contribution in [0.1, 0.15) is 11.1 Å². The summed E-state index contributed by atoms with van der Waals surface area (Å²) in [5, 5.41) is 1.94. The molecule has 0 aliphatic rings. The molecule has 0 radical (unpaired) electrons. The minimum absolute atomic E-state index is 0.257. The maximum Gasteiger partial charge on any atom is 0.149 e. The van der Waals surface area contributed by atoms with Crippen molar-refractivity contribution in [2.24, 2.45) is 0 Å². The zero-order chi connectivity index (χ0) is 21.2. The van der Waals surface area contributed by atoms with Crippen molar-refractivity contribution in [3.63, 3.8) is 0 Å². The second kappa shape index (κ2) is 8.36. The Hall–Kier alpha value is -3.44. The first-order valence-electron chi connectivity index (χ1n) is 10.0. The zero-order valence-electron chi connectivity index (χ0n) is 17.0. The Morgan fingerprint density at radius 1 is 0.871 bits per heavy atom. The maximum absolute atomic E-state index is 13.5. The summed E-state index contributed by atoms with van der Waals surface area (Å²) in [5.41, 5.74) is 6.34. The topological polar surface area (TPSA) is 30.7 Å². The van der Waals surface area contributed by atoms with Crippen LogP contribution in [-0.4, -0.2) is 14.5 Å². The molecular formula is C26H20FN3S. The van der Waals surface area contributed by atoms with Crippen molar-refractivity contribution in [3.8, 4) is 16.8 Å². The van der Waals surface area contributed by atoms with Gasteiger partial charge in [0.25, 0.3) is 0 Å². The largest absolute Gasteiger partial charge is 0.301 e. The van der Waals surface area contributed by atoms with Gasteiger partial charge in [0.2, 0.25) is 0 Å². The van der Waals surface area contributed by atoms with Crippen molar-refractivity contribution in [1.82, 2.24) is 14.5 Å². The Morgan fingerprint density at radius 3 is 2.35 bits per heavy atom. The lowest BCUT2D eigenvalue weighted by molar-refractivity contribution is 0.627.